The van der Waals surface area contributed by atoms with Crippen LogP contribution in [0.5, 0.6) is 0 Å². The average Bonchev–Trinajstić information content (AvgIpc) is 2.15. The highest BCUT2D eigenvalue weighted by Gasteiger charge is 2.17. The van der Waals surface area contributed by atoms with E-state index in [1.54, 1.807) is 0 Å². The van der Waals surface area contributed by atoms with Gasteiger partial charge < -0.3 is 10.4 Å². The zero-order valence-corrected chi connectivity index (χ0v) is 11.8. The van der Waals surface area contributed by atoms with Crippen molar-refractivity contribution in [1.82, 2.24) is 5.32 Å². The molecule has 0 aliphatic heterocycles. The number of nitrogens with one attached hydrogen (secondary N) is 1. The Morgan fingerprint density at radius 3 is 2.25 bits per heavy atom. The molecule has 0 saturated carbocycles. The lowest BCUT2D eigenvalue weighted by Gasteiger charge is -2.24. The van der Waals surface area contributed by atoms with E-state index in [-0.39, 0.29) is 11.5 Å². The SMILES string of the molecule is CCCCC(CC)NCC(O)CC(C)(C)C. The zero-order valence-electron chi connectivity index (χ0n) is 11.8. The van der Waals surface area contributed by atoms with Crippen LogP contribution < -0.4 is 5.32 Å². The smallest absolute Gasteiger partial charge is 0.0669 e. The highest BCUT2D eigenvalue weighted by atomic mass is 16.3. The van der Waals surface area contributed by atoms with E-state index >= 15 is 0 Å². The van der Waals surface area contributed by atoms with E-state index in [0.717, 1.165) is 19.4 Å². The summed E-state index contributed by atoms with van der Waals surface area (Å²) in [5.41, 5.74) is 0.215. The fourth-order valence-corrected chi connectivity index (χ4v) is 1.98. The lowest BCUT2D eigenvalue weighted by atomic mass is 9.89. The number of unbranched alkanes of at least 4 members (excludes halogenated alkanes) is 1. The maximum Gasteiger partial charge on any atom is 0.0669 e. The number of rotatable bonds is 8. The normalized spacial score (nSPS) is 16.1. The minimum Gasteiger partial charge on any atom is -0.392 e. The molecule has 2 N–H and O–H groups in total. The molecule has 0 aliphatic carbocycles. The van der Waals surface area contributed by atoms with Gasteiger partial charge in [-0.2, -0.15) is 0 Å². The number of hydrogen-bond donors (Lipinski definition) is 2. The van der Waals surface area contributed by atoms with Crippen LogP contribution in [0.2, 0.25) is 0 Å². The van der Waals surface area contributed by atoms with Crippen molar-refractivity contribution < 1.29 is 5.11 Å². The van der Waals surface area contributed by atoms with Gasteiger partial charge in [-0.3, -0.25) is 0 Å². The summed E-state index contributed by atoms with van der Waals surface area (Å²) in [6, 6.07) is 0.578. The van der Waals surface area contributed by atoms with E-state index in [4.69, 9.17) is 0 Å². The molecular weight excluding hydrogens is 198 g/mol. The van der Waals surface area contributed by atoms with E-state index < -0.39 is 0 Å². The van der Waals surface area contributed by atoms with Crippen molar-refractivity contribution in [2.24, 2.45) is 5.41 Å². The van der Waals surface area contributed by atoms with E-state index in [1.165, 1.54) is 19.3 Å². The predicted octanol–water partition coefficient (Wildman–Crippen LogP) is 3.34. The van der Waals surface area contributed by atoms with Gasteiger partial charge in [0.05, 0.1) is 6.10 Å². The van der Waals surface area contributed by atoms with Crippen molar-refractivity contribution >= 4 is 0 Å². The highest BCUT2D eigenvalue weighted by Crippen LogP contribution is 2.20. The highest BCUT2D eigenvalue weighted by molar-refractivity contribution is 4.72. The molecule has 2 unspecified atom stereocenters. The third-order valence-electron chi connectivity index (χ3n) is 2.89. The molecule has 0 fully saturated rings. The second-order valence-electron chi connectivity index (χ2n) is 6.07. The Bertz CT molecular complexity index is 163. The Hall–Kier alpha value is -0.0800. The van der Waals surface area contributed by atoms with Gasteiger partial charge >= 0.3 is 0 Å². The van der Waals surface area contributed by atoms with Crippen LogP contribution in [0.1, 0.15) is 66.7 Å². The van der Waals surface area contributed by atoms with Crippen LogP contribution in [-0.4, -0.2) is 23.8 Å². The molecule has 0 spiro atoms. The Morgan fingerprint density at radius 1 is 1.19 bits per heavy atom. The van der Waals surface area contributed by atoms with Gasteiger partial charge in [-0.1, -0.05) is 47.5 Å². The summed E-state index contributed by atoms with van der Waals surface area (Å²) < 4.78 is 0. The first-order valence-electron chi connectivity index (χ1n) is 6.80. The topological polar surface area (TPSA) is 32.3 Å². The van der Waals surface area contributed by atoms with Gasteiger partial charge in [0.2, 0.25) is 0 Å². The first kappa shape index (κ1) is 15.9. The van der Waals surface area contributed by atoms with Crippen LogP contribution in [0.15, 0.2) is 0 Å². The Balaban J connectivity index is 3.74. The van der Waals surface area contributed by atoms with E-state index in [0.29, 0.717) is 6.04 Å². The summed E-state index contributed by atoms with van der Waals surface area (Å²) >= 11 is 0. The van der Waals surface area contributed by atoms with Crippen LogP contribution >= 0.6 is 0 Å². The molecule has 98 valence electrons. The standard InChI is InChI=1S/C14H31NO/c1-6-8-9-12(7-2)15-11-13(16)10-14(3,4)5/h12-13,15-16H,6-11H2,1-5H3. The summed E-state index contributed by atoms with van der Waals surface area (Å²) in [5.74, 6) is 0. The van der Waals surface area contributed by atoms with Crippen molar-refractivity contribution in [3.8, 4) is 0 Å². The van der Waals surface area contributed by atoms with Gasteiger partial charge in [0, 0.05) is 12.6 Å². The molecule has 2 nitrogen and oxygen atoms in total. The molecule has 0 aliphatic rings. The van der Waals surface area contributed by atoms with Crippen LogP contribution in [-0.2, 0) is 0 Å². The molecule has 0 aromatic heterocycles. The van der Waals surface area contributed by atoms with Crippen LogP contribution in [0, 0.1) is 5.41 Å². The molecular formula is C14H31NO. The van der Waals surface area contributed by atoms with Gasteiger partial charge in [0.15, 0.2) is 0 Å². The fourth-order valence-electron chi connectivity index (χ4n) is 1.98. The molecule has 0 heterocycles. The maximum absolute atomic E-state index is 9.89. The van der Waals surface area contributed by atoms with Crippen molar-refractivity contribution in [2.75, 3.05) is 6.54 Å². The second-order valence-corrected chi connectivity index (χ2v) is 6.07. The predicted molar refractivity (Wildman–Crippen MR) is 71.7 cm³/mol. The quantitative estimate of drug-likeness (QED) is 0.669. The monoisotopic (exact) mass is 229 g/mol. The molecule has 16 heavy (non-hydrogen) atoms. The van der Waals surface area contributed by atoms with E-state index in [1.807, 2.05) is 0 Å². The molecule has 0 bridgehead atoms. The first-order chi connectivity index (χ1) is 7.39. The number of aliphatic hydroxyl groups is 1. The summed E-state index contributed by atoms with van der Waals surface area (Å²) in [7, 11) is 0. The first-order valence-corrected chi connectivity index (χ1v) is 6.80. The minimum atomic E-state index is -0.212. The summed E-state index contributed by atoms with van der Waals surface area (Å²) in [6.45, 7) is 11.7. The number of aliphatic hydroxyl groups excluding tert-OH is 1. The van der Waals surface area contributed by atoms with E-state index in [2.05, 4.69) is 39.9 Å². The zero-order chi connectivity index (χ0) is 12.6. The second kappa shape index (κ2) is 8.08. The lowest BCUT2D eigenvalue weighted by Crippen LogP contribution is -2.36. The molecule has 0 radical (unpaired) electrons. The van der Waals surface area contributed by atoms with E-state index in [9.17, 15) is 5.11 Å². The Morgan fingerprint density at radius 2 is 1.81 bits per heavy atom. The van der Waals surface area contributed by atoms with Crippen molar-refractivity contribution in [3.05, 3.63) is 0 Å². The molecule has 0 amide bonds. The summed E-state index contributed by atoms with van der Waals surface area (Å²) in [4.78, 5) is 0. The van der Waals surface area contributed by atoms with Crippen LogP contribution in [0.4, 0.5) is 0 Å². The average molecular weight is 229 g/mol. The van der Waals surface area contributed by atoms with Gasteiger partial charge in [-0.05, 0) is 24.7 Å². The molecule has 2 heteroatoms. The molecule has 0 aromatic carbocycles. The summed E-state index contributed by atoms with van der Waals surface area (Å²) in [5, 5.41) is 13.4. The lowest BCUT2D eigenvalue weighted by molar-refractivity contribution is 0.115. The van der Waals surface area contributed by atoms with Crippen LogP contribution in [0.3, 0.4) is 0 Å². The van der Waals surface area contributed by atoms with Gasteiger partial charge in [-0.25, -0.2) is 0 Å². The Kier molecular flexibility index (Phi) is 8.04. The van der Waals surface area contributed by atoms with Gasteiger partial charge in [0.25, 0.3) is 0 Å². The third-order valence-corrected chi connectivity index (χ3v) is 2.89. The van der Waals surface area contributed by atoms with Gasteiger partial charge in [-0.15, -0.1) is 0 Å². The molecule has 2 atom stereocenters. The maximum atomic E-state index is 9.89. The minimum absolute atomic E-state index is 0.212. The molecule has 0 rings (SSSR count). The Labute approximate surface area is 102 Å². The van der Waals surface area contributed by atoms with Crippen molar-refractivity contribution in [3.63, 3.8) is 0 Å². The largest absolute Gasteiger partial charge is 0.392 e. The number of hydrogen-bond acceptors (Lipinski definition) is 2. The van der Waals surface area contributed by atoms with Crippen LogP contribution in [0.25, 0.3) is 0 Å². The summed E-state index contributed by atoms with van der Waals surface area (Å²) in [6.07, 6.45) is 5.57. The van der Waals surface area contributed by atoms with Crippen molar-refractivity contribution in [2.45, 2.75) is 78.9 Å². The van der Waals surface area contributed by atoms with Gasteiger partial charge in [0.1, 0.15) is 0 Å². The fraction of sp³-hybridized carbons (Fsp3) is 1.00. The molecule has 0 aromatic rings. The third kappa shape index (κ3) is 9.17. The van der Waals surface area contributed by atoms with Crippen molar-refractivity contribution in [1.29, 1.82) is 0 Å². The molecule has 0 saturated heterocycles.